The number of aromatic nitrogens is 4. The summed E-state index contributed by atoms with van der Waals surface area (Å²) in [4.78, 5) is 44.2. The summed E-state index contributed by atoms with van der Waals surface area (Å²) in [6.07, 6.45) is 5.07. The molecule has 1 aromatic carbocycles. The lowest BCUT2D eigenvalue weighted by atomic mass is 9.85. The molecule has 8 nitrogen and oxygen atoms in total. The van der Waals surface area contributed by atoms with Gasteiger partial charge in [-0.25, -0.2) is 14.2 Å². The highest BCUT2D eigenvalue weighted by molar-refractivity contribution is 5.80. The van der Waals surface area contributed by atoms with E-state index in [-0.39, 0.29) is 41.5 Å². The summed E-state index contributed by atoms with van der Waals surface area (Å²) in [7, 11) is 2.98. The number of imidazole rings is 1. The summed E-state index contributed by atoms with van der Waals surface area (Å²) in [5, 5.41) is 0. The van der Waals surface area contributed by atoms with Crippen molar-refractivity contribution >= 4 is 17.1 Å². The summed E-state index contributed by atoms with van der Waals surface area (Å²) in [6.45, 7) is 0.0121. The van der Waals surface area contributed by atoms with Crippen molar-refractivity contribution in [1.29, 1.82) is 0 Å². The second kappa shape index (κ2) is 7.18. The highest BCUT2D eigenvalue weighted by atomic mass is 19.1. The molecule has 0 radical (unpaired) electrons. The van der Waals surface area contributed by atoms with Crippen molar-refractivity contribution in [3.8, 4) is 0 Å². The number of aryl methyl sites for hydroxylation is 1. The molecule has 2 aliphatic rings. The summed E-state index contributed by atoms with van der Waals surface area (Å²) in [6, 6.07) is 6.95. The van der Waals surface area contributed by atoms with Crippen LogP contribution in [0.1, 0.15) is 37.2 Å². The van der Waals surface area contributed by atoms with Crippen molar-refractivity contribution < 1.29 is 9.18 Å². The summed E-state index contributed by atoms with van der Waals surface area (Å²) >= 11 is 0. The van der Waals surface area contributed by atoms with Crippen molar-refractivity contribution in [1.82, 2.24) is 23.6 Å². The molecule has 5 rings (SSSR count). The van der Waals surface area contributed by atoms with Crippen molar-refractivity contribution in [2.75, 3.05) is 0 Å². The van der Waals surface area contributed by atoms with Crippen LogP contribution in [-0.4, -0.2) is 41.6 Å². The summed E-state index contributed by atoms with van der Waals surface area (Å²) < 4.78 is 17.2. The molecule has 2 aromatic heterocycles. The highest BCUT2D eigenvalue weighted by Gasteiger charge is 2.43. The van der Waals surface area contributed by atoms with Crippen molar-refractivity contribution in [3.63, 3.8) is 0 Å². The van der Waals surface area contributed by atoms with Crippen LogP contribution in [0, 0.1) is 5.82 Å². The zero-order chi connectivity index (χ0) is 21.9. The largest absolute Gasteiger partial charge is 0.335 e. The first-order valence-electron chi connectivity index (χ1n) is 10.5. The molecule has 162 valence electrons. The van der Waals surface area contributed by atoms with E-state index in [0.29, 0.717) is 5.92 Å². The fourth-order valence-corrected chi connectivity index (χ4v) is 5.34. The van der Waals surface area contributed by atoms with Crippen molar-refractivity contribution in [3.05, 3.63) is 62.8 Å². The molecule has 2 aliphatic heterocycles. The first kappa shape index (κ1) is 19.7. The van der Waals surface area contributed by atoms with E-state index in [1.807, 2.05) is 17.0 Å². The molecule has 0 saturated carbocycles. The van der Waals surface area contributed by atoms with Crippen LogP contribution in [0.15, 0.2) is 40.2 Å². The van der Waals surface area contributed by atoms with E-state index in [9.17, 15) is 18.8 Å². The van der Waals surface area contributed by atoms with Gasteiger partial charge in [0.1, 0.15) is 12.4 Å². The third-order valence-electron chi connectivity index (χ3n) is 6.89. The number of amides is 1. The van der Waals surface area contributed by atoms with E-state index >= 15 is 0 Å². The molecule has 1 amide bonds. The summed E-state index contributed by atoms with van der Waals surface area (Å²) in [5.74, 6) is 0.0360. The first-order chi connectivity index (χ1) is 14.8. The lowest BCUT2D eigenvalue weighted by Gasteiger charge is -2.39. The van der Waals surface area contributed by atoms with Gasteiger partial charge in [-0.15, -0.1) is 0 Å². The fourth-order valence-electron chi connectivity index (χ4n) is 5.34. The predicted molar refractivity (Wildman–Crippen MR) is 112 cm³/mol. The maximum Gasteiger partial charge on any atom is 0.332 e. The Morgan fingerprint density at radius 3 is 2.35 bits per heavy atom. The zero-order valence-corrected chi connectivity index (χ0v) is 17.5. The number of benzene rings is 1. The Morgan fingerprint density at radius 2 is 1.71 bits per heavy atom. The molecule has 2 saturated heterocycles. The van der Waals surface area contributed by atoms with Crippen LogP contribution >= 0.6 is 0 Å². The van der Waals surface area contributed by atoms with E-state index in [2.05, 4.69) is 4.98 Å². The van der Waals surface area contributed by atoms with E-state index in [0.717, 1.165) is 35.8 Å². The van der Waals surface area contributed by atoms with Crippen LogP contribution in [-0.2, 0) is 25.4 Å². The molecule has 3 atom stereocenters. The molecular weight excluding hydrogens is 401 g/mol. The average molecular weight is 425 g/mol. The van der Waals surface area contributed by atoms with Crippen LogP contribution in [0.25, 0.3) is 11.2 Å². The van der Waals surface area contributed by atoms with Crippen LogP contribution < -0.4 is 11.2 Å². The Balaban J connectivity index is 1.39. The van der Waals surface area contributed by atoms with Gasteiger partial charge in [0.25, 0.3) is 5.56 Å². The van der Waals surface area contributed by atoms with Crippen LogP contribution in [0.3, 0.4) is 0 Å². The Morgan fingerprint density at radius 1 is 1.06 bits per heavy atom. The molecule has 2 fully saturated rings. The standard InChI is InChI=1S/C22H24FN5O3/c1-25-20-19(21(30)26(2)22(25)31)27(12-24-20)11-18(29)28-16-7-8-17(28)10-14(9-16)13-3-5-15(23)6-4-13/h3-6,12,14,16-17H,7-11H2,1-2H3/t14?,16-,17+. The molecule has 1 unspecified atom stereocenters. The van der Waals surface area contributed by atoms with E-state index in [1.165, 1.54) is 30.1 Å². The van der Waals surface area contributed by atoms with Crippen molar-refractivity contribution in [2.24, 2.45) is 14.1 Å². The number of piperidine rings is 1. The van der Waals surface area contributed by atoms with Gasteiger partial charge in [-0.3, -0.25) is 18.7 Å². The van der Waals surface area contributed by atoms with Gasteiger partial charge in [0.2, 0.25) is 5.91 Å². The van der Waals surface area contributed by atoms with E-state index in [4.69, 9.17) is 0 Å². The molecule has 0 aliphatic carbocycles. The number of rotatable bonds is 3. The fraction of sp³-hybridized carbons (Fsp3) is 0.455. The van der Waals surface area contributed by atoms with Crippen LogP contribution in [0.5, 0.6) is 0 Å². The molecule has 0 N–H and O–H groups in total. The van der Waals surface area contributed by atoms with Gasteiger partial charge in [-0.05, 0) is 49.3 Å². The van der Waals surface area contributed by atoms with Gasteiger partial charge < -0.3 is 9.47 Å². The number of carbonyl (C=O) groups is 1. The lowest BCUT2D eigenvalue weighted by Crippen LogP contribution is -2.47. The SMILES string of the molecule is Cn1c(=O)c2c(ncn2CC(=O)N2[C@@H]3CC[C@H]2CC(c2ccc(F)cc2)C3)n(C)c1=O. The third kappa shape index (κ3) is 3.10. The monoisotopic (exact) mass is 425 g/mol. The quantitative estimate of drug-likeness (QED) is 0.637. The van der Waals surface area contributed by atoms with Crippen LogP contribution in [0.4, 0.5) is 4.39 Å². The number of carbonyl (C=O) groups excluding carboxylic acids is 1. The topological polar surface area (TPSA) is 82.1 Å². The minimum atomic E-state index is -0.457. The Labute approximate surface area is 177 Å². The third-order valence-corrected chi connectivity index (χ3v) is 6.89. The highest BCUT2D eigenvalue weighted by Crippen LogP contribution is 2.43. The Kier molecular flexibility index (Phi) is 4.56. The van der Waals surface area contributed by atoms with E-state index in [1.54, 1.807) is 11.6 Å². The number of nitrogens with zero attached hydrogens (tertiary/aromatic N) is 5. The molecule has 9 heteroatoms. The smallest absolute Gasteiger partial charge is 0.332 e. The van der Waals surface area contributed by atoms with Gasteiger partial charge in [0.05, 0.1) is 6.33 Å². The van der Waals surface area contributed by atoms with Crippen molar-refractivity contribution in [2.45, 2.75) is 50.2 Å². The van der Waals surface area contributed by atoms with Gasteiger partial charge in [0, 0.05) is 26.2 Å². The minimum Gasteiger partial charge on any atom is -0.335 e. The maximum absolute atomic E-state index is 13.3. The number of hydrogen-bond donors (Lipinski definition) is 0. The molecule has 4 heterocycles. The first-order valence-corrected chi connectivity index (χ1v) is 10.5. The predicted octanol–water partition coefficient (Wildman–Crippen LogP) is 1.51. The number of fused-ring (bicyclic) bond motifs is 3. The van der Waals surface area contributed by atoms with Gasteiger partial charge >= 0.3 is 5.69 Å². The van der Waals surface area contributed by atoms with Crippen LogP contribution in [0.2, 0.25) is 0 Å². The average Bonchev–Trinajstić information content (AvgIpc) is 3.29. The molecule has 3 aromatic rings. The number of halogens is 1. The van der Waals surface area contributed by atoms with E-state index < -0.39 is 11.2 Å². The normalized spacial score (nSPS) is 22.9. The lowest BCUT2D eigenvalue weighted by molar-refractivity contribution is -0.136. The Bertz CT molecular complexity index is 1280. The molecule has 0 spiro atoms. The minimum absolute atomic E-state index is 0.0121. The molecule has 31 heavy (non-hydrogen) atoms. The second-order valence-electron chi connectivity index (χ2n) is 8.66. The number of hydrogen-bond acceptors (Lipinski definition) is 4. The van der Waals surface area contributed by atoms with Gasteiger partial charge in [0.15, 0.2) is 11.2 Å². The second-order valence-corrected chi connectivity index (χ2v) is 8.66. The zero-order valence-electron chi connectivity index (χ0n) is 17.5. The molecular formula is C22H24FN5O3. The molecule has 2 bridgehead atoms. The van der Waals surface area contributed by atoms with Gasteiger partial charge in [-0.2, -0.15) is 0 Å². The Hall–Kier alpha value is -3.23. The summed E-state index contributed by atoms with van der Waals surface area (Å²) in [5.41, 5.74) is 0.747. The van der Waals surface area contributed by atoms with Gasteiger partial charge in [-0.1, -0.05) is 12.1 Å². The maximum atomic E-state index is 13.3.